The van der Waals surface area contributed by atoms with E-state index in [-0.39, 0.29) is 56.6 Å². The molecule has 0 saturated carbocycles. The van der Waals surface area contributed by atoms with Crippen molar-refractivity contribution in [1.82, 2.24) is 0 Å². The molecular weight excluding hydrogens is 444 g/mol. The number of ether oxygens (including phenoxy) is 4. The molecule has 33 heavy (non-hydrogen) atoms. The lowest BCUT2D eigenvalue weighted by atomic mass is 10.0. The van der Waals surface area contributed by atoms with Crippen LogP contribution in [-0.4, -0.2) is 65.9 Å². The van der Waals surface area contributed by atoms with Crippen LogP contribution in [0.1, 0.15) is 0 Å². The van der Waals surface area contributed by atoms with Gasteiger partial charge in [0.1, 0.15) is 18.3 Å². The van der Waals surface area contributed by atoms with Crippen LogP contribution in [-0.2, 0) is 4.74 Å². The van der Waals surface area contributed by atoms with E-state index in [0.717, 1.165) is 0 Å². The van der Waals surface area contributed by atoms with Crippen LogP contribution in [0, 0.1) is 0 Å². The van der Waals surface area contributed by atoms with Gasteiger partial charge in [-0.15, -0.1) is 0 Å². The Morgan fingerprint density at radius 3 is 2.09 bits per heavy atom. The van der Waals surface area contributed by atoms with Crippen molar-refractivity contribution in [2.24, 2.45) is 0 Å². The van der Waals surface area contributed by atoms with Crippen molar-refractivity contribution < 1.29 is 48.2 Å². The quantitative estimate of drug-likeness (QED) is 0.237. The van der Waals surface area contributed by atoms with Gasteiger partial charge in [-0.25, -0.2) is 9.59 Å². The number of hydrogen-bond acceptors (Lipinski definition) is 12. The molecule has 2 aromatic heterocycles. The molecule has 174 valence electrons. The predicted octanol–water partition coefficient (Wildman–Crippen LogP) is 0.0310. The number of phenolic OH excluding ortho intramolecular Hbond substituents is 1. The molecule has 5 rings (SSSR count). The number of aliphatic hydroxyl groups is 3. The van der Waals surface area contributed by atoms with Gasteiger partial charge in [0.15, 0.2) is 22.7 Å². The summed E-state index contributed by atoms with van der Waals surface area (Å²) in [7, 11) is 2.54. The third-order valence-corrected chi connectivity index (χ3v) is 5.63. The normalized spacial score (nSPS) is 23.4. The lowest BCUT2D eigenvalue weighted by molar-refractivity contribution is -0.242. The van der Waals surface area contributed by atoms with Crippen molar-refractivity contribution in [1.29, 1.82) is 0 Å². The van der Waals surface area contributed by atoms with Crippen LogP contribution in [0.2, 0.25) is 0 Å². The highest BCUT2D eigenvalue weighted by Crippen LogP contribution is 2.46. The molecule has 12 heteroatoms. The number of hydrogen-bond donors (Lipinski definition) is 4. The molecule has 1 fully saturated rings. The highest BCUT2D eigenvalue weighted by Gasteiger charge is 2.40. The van der Waals surface area contributed by atoms with E-state index in [9.17, 15) is 30.0 Å². The molecule has 1 saturated heterocycles. The molecule has 0 radical (unpaired) electrons. The SMILES string of the molecule is COc1cc2c(=O)oc3c(O[C@@H]4OC[C@@H](O)[C@H](O)[C@H]4O)c(OC)cc4c(=O)oc(c1O)c2c34. The Morgan fingerprint density at radius 1 is 0.879 bits per heavy atom. The first-order valence-electron chi connectivity index (χ1n) is 9.72. The molecule has 1 aliphatic rings. The molecule has 4 atom stereocenters. The number of rotatable bonds is 4. The minimum absolute atomic E-state index is 0.0236. The van der Waals surface area contributed by atoms with E-state index >= 15 is 0 Å². The van der Waals surface area contributed by atoms with Gasteiger partial charge in [-0.1, -0.05) is 0 Å². The maximum Gasteiger partial charge on any atom is 0.344 e. The summed E-state index contributed by atoms with van der Waals surface area (Å²) in [5.74, 6) is -0.859. The van der Waals surface area contributed by atoms with Gasteiger partial charge in [-0.2, -0.15) is 0 Å². The molecule has 3 heterocycles. The van der Waals surface area contributed by atoms with Crippen LogP contribution in [0.5, 0.6) is 23.0 Å². The topological polar surface area (TPSA) is 178 Å². The highest BCUT2D eigenvalue weighted by molar-refractivity contribution is 6.22. The Hall–Kier alpha value is -3.58. The zero-order valence-electron chi connectivity index (χ0n) is 17.2. The zero-order chi connectivity index (χ0) is 23.6. The monoisotopic (exact) mass is 462 g/mol. The number of methoxy groups -OCH3 is 2. The molecule has 0 amide bonds. The third-order valence-electron chi connectivity index (χ3n) is 5.63. The van der Waals surface area contributed by atoms with E-state index in [0.29, 0.717) is 0 Å². The smallest absolute Gasteiger partial charge is 0.344 e. The summed E-state index contributed by atoms with van der Waals surface area (Å²) in [6.07, 6.45) is -6.00. The summed E-state index contributed by atoms with van der Waals surface area (Å²) in [6.45, 7) is -0.335. The minimum atomic E-state index is -1.65. The van der Waals surface area contributed by atoms with Crippen molar-refractivity contribution in [3.05, 3.63) is 33.0 Å². The van der Waals surface area contributed by atoms with Crippen molar-refractivity contribution in [2.45, 2.75) is 24.6 Å². The second kappa shape index (κ2) is 7.49. The van der Waals surface area contributed by atoms with E-state index in [2.05, 4.69) is 0 Å². The van der Waals surface area contributed by atoms with Crippen LogP contribution >= 0.6 is 0 Å². The Kier molecular flexibility index (Phi) is 4.83. The molecule has 0 unspecified atom stereocenters. The maximum absolute atomic E-state index is 12.9. The van der Waals surface area contributed by atoms with E-state index < -0.39 is 41.6 Å². The van der Waals surface area contributed by atoms with Gasteiger partial charge in [-0.3, -0.25) is 0 Å². The molecule has 0 spiro atoms. The Balaban J connectivity index is 1.84. The van der Waals surface area contributed by atoms with Crippen molar-refractivity contribution >= 4 is 32.7 Å². The van der Waals surface area contributed by atoms with Crippen molar-refractivity contribution in [3.63, 3.8) is 0 Å². The van der Waals surface area contributed by atoms with Crippen molar-refractivity contribution in [2.75, 3.05) is 20.8 Å². The molecule has 0 bridgehead atoms. The van der Waals surface area contributed by atoms with Gasteiger partial charge in [-0.05, 0) is 12.1 Å². The van der Waals surface area contributed by atoms with Gasteiger partial charge >= 0.3 is 11.3 Å². The first kappa shape index (κ1) is 21.3. The second-order valence-corrected chi connectivity index (χ2v) is 7.49. The fourth-order valence-corrected chi connectivity index (χ4v) is 3.97. The zero-order valence-corrected chi connectivity index (χ0v) is 17.2. The van der Waals surface area contributed by atoms with E-state index in [1.165, 1.54) is 26.4 Å². The molecule has 1 aliphatic heterocycles. The Morgan fingerprint density at radius 2 is 1.45 bits per heavy atom. The van der Waals surface area contributed by atoms with E-state index in [4.69, 9.17) is 27.8 Å². The molecule has 0 aliphatic carbocycles. The summed E-state index contributed by atoms with van der Waals surface area (Å²) in [4.78, 5) is 25.6. The molecular formula is C21H18O12. The van der Waals surface area contributed by atoms with Crippen LogP contribution in [0.25, 0.3) is 32.7 Å². The van der Waals surface area contributed by atoms with Crippen LogP contribution < -0.4 is 25.5 Å². The van der Waals surface area contributed by atoms with E-state index in [1.54, 1.807) is 0 Å². The summed E-state index contributed by atoms with van der Waals surface area (Å²) < 4.78 is 32.1. The average molecular weight is 462 g/mol. The number of aliphatic hydroxyl groups excluding tert-OH is 3. The summed E-state index contributed by atoms with van der Waals surface area (Å²) in [5, 5.41) is 40.5. The van der Waals surface area contributed by atoms with Gasteiger partial charge in [0.2, 0.25) is 17.8 Å². The fraction of sp³-hybridized carbons (Fsp3) is 0.333. The van der Waals surface area contributed by atoms with Crippen molar-refractivity contribution in [3.8, 4) is 23.0 Å². The standard InChI is InChI=1S/C21H18O12/c1-28-9-3-6-11-12-7(19(26)31-17(11)14(9)24)4-10(29-2)16(18(12)32-20(6)27)33-21-15(25)13(23)8(22)5-30-21/h3-4,8,13,15,21-25H,5H2,1-2H3/t8-,13+,15-,21+/m1/s1. The molecule has 12 nitrogen and oxygen atoms in total. The first-order chi connectivity index (χ1) is 15.8. The third kappa shape index (κ3) is 2.99. The lowest BCUT2D eigenvalue weighted by Gasteiger charge is -2.35. The molecule has 4 aromatic rings. The molecule has 4 N–H and O–H groups in total. The second-order valence-electron chi connectivity index (χ2n) is 7.49. The number of benzene rings is 2. The highest BCUT2D eigenvalue weighted by atomic mass is 16.7. The minimum Gasteiger partial charge on any atom is -0.502 e. The van der Waals surface area contributed by atoms with Gasteiger partial charge < -0.3 is 48.2 Å². The van der Waals surface area contributed by atoms with Gasteiger partial charge in [0.05, 0.1) is 31.6 Å². The first-order valence-corrected chi connectivity index (χ1v) is 9.72. The van der Waals surface area contributed by atoms with Crippen LogP contribution in [0.15, 0.2) is 30.6 Å². The lowest BCUT2D eigenvalue weighted by Crippen LogP contribution is -2.54. The summed E-state index contributed by atoms with van der Waals surface area (Å²) in [5.41, 5.74) is -2.24. The molecule has 2 aromatic carbocycles. The maximum atomic E-state index is 12.9. The number of aromatic hydroxyl groups is 1. The predicted molar refractivity (Wildman–Crippen MR) is 110 cm³/mol. The van der Waals surface area contributed by atoms with Crippen LogP contribution in [0.3, 0.4) is 0 Å². The van der Waals surface area contributed by atoms with E-state index in [1.807, 2.05) is 0 Å². The van der Waals surface area contributed by atoms with Crippen LogP contribution in [0.4, 0.5) is 0 Å². The Bertz CT molecular complexity index is 1480. The van der Waals surface area contributed by atoms with Gasteiger partial charge in [0.25, 0.3) is 0 Å². The largest absolute Gasteiger partial charge is 0.502 e. The Labute approximate surface area is 183 Å². The average Bonchev–Trinajstić information content (AvgIpc) is 2.80. The number of phenols is 1. The van der Waals surface area contributed by atoms with Gasteiger partial charge in [0, 0.05) is 10.8 Å². The summed E-state index contributed by atoms with van der Waals surface area (Å²) >= 11 is 0. The fourth-order valence-electron chi connectivity index (χ4n) is 3.97. The summed E-state index contributed by atoms with van der Waals surface area (Å²) in [6, 6.07) is 2.53.